The predicted molar refractivity (Wildman–Crippen MR) is 86.5 cm³/mol. The molecule has 114 valence electrons. The average Bonchev–Trinajstić information content (AvgIpc) is 3.12. The SMILES string of the molecule is O=C(CC1CCCC1)N1CCCC1Cc1ccccc1Cl. The maximum Gasteiger partial charge on any atom is 0.223 e. The quantitative estimate of drug-likeness (QED) is 0.804. The standard InChI is InChI=1S/C18H24ClNO/c19-17-10-4-3-8-15(17)13-16-9-5-11-20(16)18(21)12-14-6-1-2-7-14/h3-4,8,10,14,16H,1-2,5-7,9,11-13H2. The maximum absolute atomic E-state index is 12.6. The molecule has 3 rings (SSSR count). The molecule has 1 atom stereocenters. The van der Waals surface area contributed by atoms with E-state index in [-0.39, 0.29) is 0 Å². The van der Waals surface area contributed by atoms with Crippen molar-refractivity contribution in [2.75, 3.05) is 6.54 Å². The van der Waals surface area contributed by atoms with E-state index in [1.54, 1.807) is 0 Å². The number of hydrogen-bond donors (Lipinski definition) is 0. The lowest BCUT2D eigenvalue weighted by Gasteiger charge is -2.26. The van der Waals surface area contributed by atoms with Crippen LogP contribution in [0.15, 0.2) is 24.3 Å². The molecule has 1 aromatic carbocycles. The van der Waals surface area contributed by atoms with Gasteiger partial charge in [-0.15, -0.1) is 0 Å². The molecule has 2 fully saturated rings. The first-order chi connectivity index (χ1) is 10.2. The van der Waals surface area contributed by atoms with Gasteiger partial charge >= 0.3 is 0 Å². The van der Waals surface area contributed by atoms with E-state index in [2.05, 4.69) is 11.0 Å². The largest absolute Gasteiger partial charge is 0.339 e. The molecule has 1 amide bonds. The van der Waals surface area contributed by atoms with Crippen LogP contribution in [-0.4, -0.2) is 23.4 Å². The molecule has 1 aliphatic carbocycles. The summed E-state index contributed by atoms with van der Waals surface area (Å²) in [6, 6.07) is 8.36. The minimum absolute atomic E-state index is 0.346. The highest BCUT2D eigenvalue weighted by Crippen LogP contribution is 2.30. The van der Waals surface area contributed by atoms with Gasteiger partial charge in [0.1, 0.15) is 0 Å². The van der Waals surface area contributed by atoms with E-state index >= 15 is 0 Å². The van der Waals surface area contributed by atoms with Crippen molar-refractivity contribution >= 4 is 17.5 Å². The number of halogens is 1. The summed E-state index contributed by atoms with van der Waals surface area (Å²) >= 11 is 6.26. The Morgan fingerprint density at radius 1 is 1.14 bits per heavy atom. The Morgan fingerprint density at radius 2 is 1.90 bits per heavy atom. The van der Waals surface area contributed by atoms with Crippen LogP contribution in [-0.2, 0) is 11.2 Å². The smallest absolute Gasteiger partial charge is 0.223 e. The molecule has 21 heavy (non-hydrogen) atoms. The van der Waals surface area contributed by atoms with Crippen LogP contribution >= 0.6 is 11.6 Å². The lowest BCUT2D eigenvalue weighted by Crippen LogP contribution is -2.37. The Labute approximate surface area is 132 Å². The number of benzene rings is 1. The number of rotatable bonds is 4. The van der Waals surface area contributed by atoms with Gasteiger partial charge in [-0.2, -0.15) is 0 Å². The van der Waals surface area contributed by atoms with Crippen molar-refractivity contribution in [3.8, 4) is 0 Å². The lowest BCUT2D eigenvalue weighted by molar-refractivity contribution is -0.132. The van der Waals surface area contributed by atoms with Gasteiger partial charge < -0.3 is 4.90 Å². The van der Waals surface area contributed by atoms with Crippen molar-refractivity contribution in [2.24, 2.45) is 5.92 Å². The summed E-state index contributed by atoms with van der Waals surface area (Å²) < 4.78 is 0. The molecule has 2 aliphatic rings. The fraction of sp³-hybridized carbons (Fsp3) is 0.611. The van der Waals surface area contributed by atoms with Gasteiger partial charge in [0.25, 0.3) is 0 Å². The Balaban J connectivity index is 1.62. The van der Waals surface area contributed by atoms with Crippen LogP contribution in [0.25, 0.3) is 0 Å². The Hall–Kier alpha value is -1.02. The van der Waals surface area contributed by atoms with Crippen LogP contribution < -0.4 is 0 Å². The van der Waals surface area contributed by atoms with E-state index in [0.29, 0.717) is 17.9 Å². The second-order valence-corrected chi connectivity index (χ2v) is 6.94. The fourth-order valence-electron chi connectivity index (χ4n) is 3.87. The first-order valence-corrected chi connectivity index (χ1v) is 8.64. The number of amides is 1. The third kappa shape index (κ3) is 3.60. The van der Waals surface area contributed by atoms with Gasteiger partial charge in [-0.1, -0.05) is 42.6 Å². The summed E-state index contributed by atoms with van der Waals surface area (Å²) in [5.74, 6) is 1.01. The van der Waals surface area contributed by atoms with Crippen LogP contribution in [0.5, 0.6) is 0 Å². The third-order valence-electron chi connectivity index (χ3n) is 5.05. The van der Waals surface area contributed by atoms with Gasteiger partial charge in [0.15, 0.2) is 0 Å². The Kier molecular flexibility index (Phi) is 4.84. The van der Waals surface area contributed by atoms with Crippen molar-refractivity contribution in [1.82, 2.24) is 4.90 Å². The predicted octanol–water partition coefficient (Wildman–Crippen LogP) is 4.45. The number of carbonyl (C=O) groups excluding carboxylic acids is 1. The highest BCUT2D eigenvalue weighted by molar-refractivity contribution is 6.31. The zero-order valence-corrected chi connectivity index (χ0v) is 13.3. The topological polar surface area (TPSA) is 20.3 Å². The molecule has 0 spiro atoms. The number of carbonyl (C=O) groups is 1. The molecule has 1 aliphatic heterocycles. The summed E-state index contributed by atoms with van der Waals surface area (Å²) in [4.78, 5) is 14.7. The van der Waals surface area contributed by atoms with Crippen molar-refractivity contribution in [3.63, 3.8) is 0 Å². The molecule has 1 saturated carbocycles. The Bertz CT molecular complexity index is 496. The molecule has 1 unspecified atom stereocenters. The zero-order chi connectivity index (χ0) is 14.7. The molecule has 0 N–H and O–H groups in total. The van der Waals surface area contributed by atoms with Gasteiger partial charge in [0, 0.05) is 24.0 Å². The van der Waals surface area contributed by atoms with Gasteiger partial charge in [0.2, 0.25) is 5.91 Å². The molecule has 3 heteroatoms. The lowest BCUT2D eigenvalue weighted by atomic mass is 10.0. The Morgan fingerprint density at radius 3 is 2.67 bits per heavy atom. The maximum atomic E-state index is 12.6. The normalized spacial score (nSPS) is 22.9. The van der Waals surface area contributed by atoms with Crippen molar-refractivity contribution in [1.29, 1.82) is 0 Å². The van der Waals surface area contributed by atoms with E-state index in [4.69, 9.17) is 11.6 Å². The van der Waals surface area contributed by atoms with Crippen LogP contribution in [0.2, 0.25) is 5.02 Å². The minimum atomic E-state index is 0.346. The van der Waals surface area contributed by atoms with E-state index in [0.717, 1.165) is 37.3 Å². The highest BCUT2D eigenvalue weighted by atomic mass is 35.5. The molecular formula is C18H24ClNO. The first kappa shape index (κ1) is 14.9. The van der Waals surface area contributed by atoms with Crippen LogP contribution in [0.3, 0.4) is 0 Å². The number of nitrogens with zero attached hydrogens (tertiary/aromatic N) is 1. The fourth-order valence-corrected chi connectivity index (χ4v) is 4.09. The summed E-state index contributed by atoms with van der Waals surface area (Å²) in [6.07, 6.45) is 9.01. The summed E-state index contributed by atoms with van der Waals surface area (Å²) in [5.41, 5.74) is 1.17. The van der Waals surface area contributed by atoms with E-state index < -0.39 is 0 Å². The van der Waals surface area contributed by atoms with Crippen molar-refractivity contribution in [2.45, 2.75) is 57.4 Å². The first-order valence-electron chi connectivity index (χ1n) is 8.27. The summed E-state index contributed by atoms with van der Waals surface area (Å²) in [6.45, 7) is 0.931. The molecule has 1 heterocycles. The molecule has 2 nitrogen and oxygen atoms in total. The highest BCUT2D eigenvalue weighted by Gasteiger charge is 2.30. The van der Waals surface area contributed by atoms with Gasteiger partial charge in [-0.3, -0.25) is 4.79 Å². The summed E-state index contributed by atoms with van der Waals surface area (Å²) in [7, 11) is 0. The third-order valence-corrected chi connectivity index (χ3v) is 5.42. The summed E-state index contributed by atoms with van der Waals surface area (Å²) in [5, 5.41) is 0.826. The minimum Gasteiger partial charge on any atom is -0.339 e. The van der Waals surface area contributed by atoms with Gasteiger partial charge in [-0.25, -0.2) is 0 Å². The van der Waals surface area contributed by atoms with Gasteiger partial charge in [0.05, 0.1) is 0 Å². The van der Waals surface area contributed by atoms with E-state index in [1.807, 2.05) is 18.2 Å². The number of likely N-dealkylation sites (tertiary alicyclic amines) is 1. The van der Waals surface area contributed by atoms with E-state index in [9.17, 15) is 4.79 Å². The van der Waals surface area contributed by atoms with Crippen LogP contribution in [0.1, 0.15) is 50.5 Å². The van der Waals surface area contributed by atoms with Crippen molar-refractivity contribution < 1.29 is 4.79 Å². The zero-order valence-electron chi connectivity index (χ0n) is 12.6. The second kappa shape index (κ2) is 6.83. The molecule has 0 bridgehead atoms. The monoisotopic (exact) mass is 305 g/mol. The second-order valence-electron chi connectivity index (χ2n) is 6.53. The molecule has 1 aromatic rings. The van der Waals surface area contributed by atoms with Gasteiger partial charge in [-0.05, 0) is 49.7 Å². The average molecular weight is 306 g/mol. The molecule has 0 aromatic heterocycles. The van der Waals surface area contributed by atoms with Crippen molar-refractivity contribution in [3.05, 3.63) is 34.9 Å². The van der Waals surface area contributed by atoms with Crippen LogP contribution in [0.4, 0.5) is 0 Å². The van der Waals surface area contributed by atoms with Crippen LogP contribution in [0, 0.1) is 5.92 Å². The molecule has 0 radical (unpaired) electrons. The van der Waals surface area contributed by atoms with E-state index in [1.165, 1.54) is 31.2 Å². The molecule has 1 saturated heterocycles. The number of hydrogen-bond acceptors (Lipinski definition) is 1. The molecular weight excluding hydrogens is 282 g/mol.